The lowest BCUT2D eigenvalue weighted by Crippen LogP contribution is -2.21. The highest BCUT2D eigenvalue weighted by molar-refractivity contribution is 6.32. The highest BCUT2D eigenvalue weighted by Gasteiger charge is 2.00. The topological polar surface area (TPSA) is 41.0 Å². The lowest BCUT2D eigenvalue weighted by atomic mass is 10.5. The van der Waals surface area contributed by atoms with Gasteiger partial charge in [-0.05, 0) is 25.7 Å². The van der Waals surface area contributed by atoms with E-state index in [-0.39, 0.29) is 5.28 Å². The number of nitrogens with zero attached hydrogens (tertiary/aromatic N) is 3. The molecule has 1 heterocycles. The molecule has 1 aromatic heterocycles. The van der Waals surface area contributed by atoms with Crippen molar-refractivity contribution in [2.24, 2.45) is 0 Å². The third-order valence-electron chi connectivity index (χ3n) is 1.53. The third kappa shape index (κ3) is 4.09. The predicted octanol–water partition coefficient (Wildman–Crippen LogP) is 1.76. The van der Waals surface area contributed by atoms with Crippen LogP contribution in [0.15, 0.2) is 6.07 Å². The molecule has 0 bridgehead atoms. The third-order valence-corrected chi connectivity index (χ3v) is 1.90. The number of likely N-dealkylation sites (N-methyl/N-ethyl adjacent to an activating group) is 1. The van der Waals surface area contributed by atoms with Crippen molar-refractivity contribution in [2.75, 3.05) is 32.5 Å². The van der Waals surface area contributed by atoms with Crippen LogP contribution in [0.5, 0.6) is 0 Å². The maximum atomic E-state index is 5.71. The Morgan fingerprint density at radius 1 is 1.36 bits per heavy atom. The van der Waals surface area contributed by atoms with Crippen molar-refractivity contribution in [1.29, 1.82) is 0 Å². The Kier molecular flexibility index (Phi) is 4.38. The molecule has 0 aromatic carbocycles. The highest BCUT2D eigenvalue weighted by Crippen LogP contribution is 2.13. The van der Waals surface area contributed by atoms with Gasteiger partial charge in [0.05, 0.1) is 0 Å². The molecule has 1 rings (SSSR count). The molecule has 1 N–H and O–H groups in total. The van der Waals surface area contributed by atoms with Gasteiger partial charge in [0.2, 0.25) is 5.28 Å². The molecule has 78 valence electrons. The minimum atomic E-state index is 0.157. The summed E-state index contributed by atoms with van der Waals surface area (Å²) in [4.78, 5) is 9.78. The van der Waals surface area contributed by atoms with Crippen LogP contribution >= 0.6 is 23.2 Å². The molecule has 0 atom stereocenters. The number of halogens is 2. The van der Waals surface area contributed by atoms with Crippen LogP contribution in [-0.4, -0.2) is 42.1 Å². The molecule has 0 aliphatic carbocycles. The monoisotopic (exact) mass is 234 g/mol. The number of anilines is 1. The zero-order valence-corrected chi connectivity index (χ0v) is 9.60. The molecular weight excluding hydrogens is 223 g/mol. The molecule has 0 fully saturated rings. The van der Waals surface area contributed by atoms with E-state index in [2.05, 4.69) is 20.2 Å². The molecular formula is C8H12Cl2N4. The van der Waals surface area contributed by atoms with Crippen LogP contribution in [0.25, 0.3) is 0 Å². The van der Waals surface area contributed by atoms with Crippen LogP contribution in [0.2, 0.25) is 10.4 Å². The number of nitrogens with one attached hydrogen (secondary N) is 1. The van der Waals surface area contributed by atoms with Gasteiger partial charge in [0.1, 0.15) is 11.0 Å². The van der Waals surface area contributed by atoms with Crippen molar-refractivity contribution >= 4 is 29.0 Å². The van der Waals surface area contributed by atoms with Crippen LogP contribution in [-0.2, 0) is 0 Å². The molecule has 0 radical (unpaired) electrons. The van der Waals surface area contributed by atoms with Gasteiger partial charge in [-0.15, -0.1) is 0 Å². The quantitative estimate of drug-likeness (QED) is 0.637. The average Bonchev–Trinajstić information content (AvgIpc) is 2.01. The van der Waals surface area contributed by atoms with E-state index in [9.17, 15) is 0 Å². The maximum absolute atomic E-state index is 5.71. The van der Waals surface area contributed by atoms with Crippen molar-refractivity contribution in [3.8, 4) is 0 Å². The van der Waals surface area contributed by atoms with Gasteiger partial charge in [-0.1, -0.05) is 11.6 Å². The van der Waals surface area contributed by atoms with Crippen LogP contribution in [0.1, 0.15) is 0 Å². The summed E-state index contributed by atoms with van der Waals surface area (Å²) in [5.74, 6) is 0.650. The summed E-state index contributed by atoms with van der Waals surface area (Å²) in [6.45, 7) is 1.70. The summed E-state index contributed by atoms with van der Waals surface area (Å²) >= 11 is 11.3. The average molecular weight is 235 g/mol. The van der Waals surface area contributed by atoms with E-state index in [4.69, 9.17) is 23.2 Å². The smallest absolute Gasteiger partial charge is 0.225 e. The van der Waals surface area contributed by atoms with Gasteiger partial charge in [0, 0.05) is 19.2 Å². The number of aromatic nitrogens is 2. The largest absolute Gasteiger partial charge is 0.369 e. The Bertz CT molecular complexity index is 283. The van der Waals surface area contributed by atoms with Crippen molar-refractivity contribution in [2.45, 2.75) is 0 Å². The van der Waals surface area contributed by atoms with Crippen molar-refractivity contribution in [3.63, 3.8) is 0 Å². The number of rotatable bonds is 4. The van der Waals surface area contributed by atoms with Crippen LogP contribution in [0.4, 0.5) is 5.82 Å². The van der Waals surface area contributed by atoms with Crippen LogP contribution < -0.4 is 5.32 Å². The zero-order chi connectivity index (χ0) is 10.6. The summed E-state index contributed by atoms with van der Waals surface area (Å²) < 4.78 is 0. The van der Waals surface area contributed by atoms with Gasteiger partial charge in [-0.3, -0.25) is 0 Å². The molecule has 0 amide bonds. The molecule has 0 saturated heterocycles. The lowest BCUT2D eigenvalue weighted by molar-refractivity contribution is 0.425. The zero-order valence-electron chi connectivity index (χ0n) is 8.09. The van der Waals surface area contributed by atoms with Crippen molar-refractivity contribution in [3.05, 3.63) is 16.5 Å². The SMILES string of the molecule is CN(C)CCNc1cc(Cl)nc(Cl)n1. The Morgan fingerprint density at radius 2 is 2.07 bits per heavy atom. The van der Waals surface area contributed by atoms with Crippen molar-refractivity contribution in [1.82, 2.24) is 14.9 Å². The fourth-order valence-electron chi connectivity index (χ4n) is 0.888. The summed E-state index contributed by atoms with van der Waals surface area (Å²) in [7, 11) is 4.00. The molecule has 0 spiro atoms. The molecule has 4 nitrogen and oxygen atoms in total. The normalized spacial score (nSPS) is 10.6. The minimum absolute atomic E-state index is 0.157. The van der Waals surface area contributed by atoms with E-state index >= 15 is 0 Å². The van der Waals surface area contributed by atoms with Crippen molar-refractivity contribution < 1.29 is 0 Å². The summed E-state index contributed by atoms with van der Waals surface area (Å²) in [5.41, 5.74) is 0. The predicted molar refractivity (Wildman–Crippen MR) is 59.1 cm³/mol. The van der Waals surface area contributed by atoms with Gasteiger partial charge in [-0.2, -0.15) is 0 Å². The molecule has 0 saturated carbocycles. The maximum Gasteiger partial charge on any atom is 0.225 e. The fourth-order valence-corrected chi connectivity index (χ4v) is 1.30. The second-order valence-electron chi connectivity index (χ2n) is 3.07. The number of hydrogen-bond donors (Lipinski definition) is 1. The molecule has 1 aromatic rings. The first-order valence-corrected chi connectivity index (χ1v) is 4.92. The van der Waals surface area contributed by atoms with Gasteiger partial charge in [0.15, 0.2) is 0 Å². The molecule has 0 aliphatic rings. The van der Waals surface area contributed by atoms with Crippen LogP contribution in [0.3, 0.4) is 0 Å². The molecule has 0 unspecified atom stereocenters. The van der Waals surface area contributed by atoms with E-state index in [1.807, 2.05) is 14.1 Å². The summed E-state index contributed by atoms with van der Waals surface area (Å²) in [6, 6.07) is 1.64. The summed E-state index contributed by atoms with van der Waals surface area (Å²) in [6.07, 6.45) is 0. The minimum Gasteiger partial charge on any atom is -0.369 e. The van der Waals surface area contributed by atoms with Gasteiger partial charge in [-0.25, -0.2) is 9.97 Å². The van der Waals surface area contributed by atoms with E-state index in [1.165, 1.54) is 0 Å². The van der Waals surface area contributed by atoms with Gasteiger partial charge >= 0.3 is 0 Å². The van der Waals surface area contributed by atoms with E-state index in [1.54, 1.807) is 6.07 Å². The van der Waals surface area contributed by atoms with Crippen LogP contribution in [0, 0.1) is 0 Å². The Balaban J connectivity index is 2.50. The van der Waals surface area contributed by atoms with Gasteiger partial charge < -0.3 is 10.2 Å². The first-order chi connectivity index (χ1) is 6.58. The van der Waals surface area contributed by atoms with E-state index in [0.29, 0.717) is 11.0 Å². The second-order valence-corrected chi connectivity index (χ2v) is 3.80. The fraction of sp³-hybridized carbons (Fsp3) is 0.500. The first kappa shape index (κ1) is 11.5. The van der Waals surface area contributed by atoms with E-state index in [0.717, 1.165) is 13.1 Å². The molecule has 0 aliphatic heterocycles. The van der Waals surface area contributed by atoms with E-state index < -0.39 is 0 Å². The first-order valence-electron chi connectivity index (χ1n) is 4.16. The lowest BCUT2D eigenvalue weighted by Gasteiger charge is -2.10. The Hall–Kier alpha value is -0.580. The molecule has 14 heavy (non-hydrogen) atoms. The summed E-state index contributed by atoms with van der Waals surface area (Å²) in [5, 5.41) is 3.60. The standard InChI is InChI=1S/C8H12Cl2N4/c1-14(2)4-3-11-7-5-6(9)12-8(10)13-7/h5H,3-4H2,1-2H3,(H,11,12,13). The highest BCUT2D eigenvalue weighted by atomic mass is 35.5. The second kappa shape index (κ2) is 5.34. The number of hydrogen-bond acceptors (Lipinski definition) is 4. The molecule has 6 heteroatoms. The van der Waals surface area contributed by atoms with Gasteiger partial charge in [0.25, 0.3) is 0 Å². The Morgan fingerprint density at radius 3 is 2.64 bits per heavy atom. The Labute approximate surface area is 93.2 Å².